The Balaban J connectivity index is 1.65. The summed E-state index contributed by atoms with van der Waals surface area (Å²) in [6.45, 7) is 4.45. The van der Waals surface area contributed by atoms with Gasteiger partial charge in [-0.05, 0) is 43.5 Å². The lowest BCUT2D eigenvalue weighted by Crippen LogP contribution is -2.54. The van der Waals surface area contributed by atoms with Crippen LogP contribution in [0.2, 0.25) is 0 Å². The summed E-state index contributed by atoms with van der Waals surface area (Å²) in [5, 5.41) is 5.43. The first-order chi connectivity index (χ1) is 16.8. The maximum absolute atomic E-state index is 14.9. The van der Waals surface area contributed by atoms with Crippen molar-refractivity contribution in [2.45, 2.75) is 70.4 Å². The standard InChI is InChI=1S/C26H40FN5O3/c1-3-23(33)29-22(26(35)32-14-12-31(2)13-15-32)17-18-10-11-21(20(27)16-18)30-25(34)24(28)19-8-6-4-5-7-9-19/h10-11,16,19,22,24H,3-9,12-15,17,28H2,1-2H3,(H,29,33)(H,30,34)/t22-,24+/m1/s1. The summed E-state index contributed by atoms with van der Waals surface area (Å²) in [4.78, 5) is 41.8. The Bertz CT molecular complexity index is 880. The summed E-state index contributed by atoms with van der Waals surface area (Å²) in [7, 11) is 2.00. The van der Waals surface area contributed by atoms with Crippen LogP contribution < -0.4 is 16.4 Å². The first-order valence-electron chi connectivity index (χ1n) is 12.9. The summed E-state index contributed by atoms with van der Waals surface area (Å²) in [5.74, 6) is -1.23. The fourth-order valence-corrected chi connectivity index (χ4v) is 4.87. The number of carbonyl (C=O) groups excluding carboxylic acids is 3. The minimum atomic E-state index is -0.769. The van der Waals surface area contributed by atoms with E-state index < -0.39 is 17.9 Å². The highest BCUT2D eigenvalue weighted by molar-refractivity contribution is 5.95. The predicted molar refractivity (Wildman–Crippen MR) is 134 cm³/mol. The molecule has 3 amide bonds. The summed E-state index contributed by atoms with van der Waals surface area (Å²) in [6, 6.07) is 3.06. The van der Waals surface area contributed by atoms with E-state index in [0.29, 0.717) is 18.7 Å². The smallest absolute Gasteiger partial charge is 0.245 e. The number of rotatable bonds is 8. The van der Waals surface area contributed by atoms with Crippen molar-refractivity contribution < 1.29 is 18.8 Å². The van der Waals surface area contributed by atoms with E-state index >= 15 is 0 Å². The maximum Gasteiger partial charge on any atom is 0.245 e. The Hall–Kier alpha value is -2.52. The number of benzene rings is 1. The van der Waals surface area contributed by atoms with Gasteiger partial charge in [-0.25, -0.2) is 4.39 Å². The predicted octanol–water partition coefficient (Wildman–Crippen LogP) is 2.27. The first kappa shape index (κ1) is 27.1. The van der Waals surface area contributed by atoms with Gasteiger partial charge in [0, 0.05) is 39.0 Å². The van der Waals surface area contributed by atoms with Crippen molar-refractivity contribution in [3.8, 4) is 0 Å². The largest absolute Gasteiger partial charge is 0.344 e. The van der Waals surface area contributed by atoms with Gasteiger partial charge in [0.1, 0.15) is 11.9 Å². The van der Waals surface area contributed by atoms with E-state index in [0.717, 1.165) is 51.6 Å². The van der Waals surface area contributed by atoms with Crippen molar-refractivity contribution in [2.75, 3.05) is 38.5 Å². The van der Waals surface area contributed by atoms with E-state index in [-0.39, 0.29) is 42.2 Å². The van der Waals surface area contributed by atoms with Gasteiger partial charge < -0.3 is 26.2 Å². The lowest BCUT2D eigenvalue weighted by Gasteiger charge is -2.34. The van der Waals surface area contributed by atoms with E-state index in [1.165, 1.54) is 12.1 Å². The number of anilines is 1. The second kappa shape index (κ2) is 13.0. The molecule has 0 aromatic heterocycles. The second-order valence-electron chi connectivity index (χ2n) is 9.89. The SMILES string of the molecule is CCC(=O)N[C@H](Cc1ccc(NC(=O)[C@@H](N)C2CCCCCC2)c(F)c1)C(=O)N1CCN(C)CC1. The van der Waals surface area contributed by atoms with Gasteiger partial charge >= 0.3 is 0 Å². The van der Waals surface area contributed by atoms with Crippen LogP contribution in [-0.4, -0.2) is 72.8 Å². The highest BCUT2D eigenvalue weighted by Crippen LogP contribution is 2.26. The summed E-state index contributed by atoms with van der Waals surface area (Å²) in [5.41, 5.74) is 6.85. The molecule has 1 saturated heterocycles. The molecule has 35 heavy (non-hydrogen) atoms. The number of carbonyl (C=O) groups is 3. The Morgan fingerprint density at radius 2 is 1.74 bits per heavy atom. The monoisotopic (exact) mass is 489 g/mol. The molecule has 8 nitrogen and oxygen atoms in total. The van der Waals surface area contributed by atoms with Crippen molar-refractivity contribution in [1.29, 1.82) is 0 Å². The van der Waals surface area contributed by atoms with E-state index in [1.807, 2.05) is 7.05 Å². The molecule has 2 fully saturated rings. The number of hydrogen-bond acceptors (Lipinski definition) is 5. The molecule has 194 valence electrons. The normalized spacial score (nSPS) is 19.5. The van der Waals surface area contributed by atoms with Gasteiger partial charge in [0.2, 0.25) is 17.7 Å². The molecule has 1 aromatic rings. The fourth-order valence-electron chi connectivity index (χ4n) is 4.87. The topological polar surface area (TPSA) is 108 Å². The number of halogens is 1. The molecule has 2 aliphatic rings. The number of piperazine rings is 1. The van der Waals surface area contributed by atoms with Crippen LogP contribution in [0.3, 0.4) is 0 Å². The fraction of sp³-hybridized carbons (Fsp3) is 0.654. The Kier molecular flexibility index (Phi) is 10.0. The van der Waals surface area contributed by atoms with Crippen LogP contribution in [0.1, 0.15) is 57.4 Å². The molecule has 1 heterocycles. The van der Waals surface area contributed by atoms with E-state index in [1.54, 1.807) is 17.9 Å². The third-order valence-corrected chi connectivity index (χ3v) is 7.21. The number of likely N-dealkylation sites (N-methyl/N-ethyl adjacent to an activating group) is 1. The highest BCUT2D eigenvalue weighted by Gasteiger charge is 2.29. The summed E-state index contributed by atoms with van der Waals surface area (Å²) in [6.07, 6.45) is 6.73. The maximum atomic E-state index is 14.9. The summed E-state index contributed by atoms with van der Waals surface area (Å²) < 4.78 is 14.9. The van der Waals surface area contributed by atoms with Crippen molar-refractivity contribution in [2.24, 2.45) is 11.7 Å². The second-order valence-corrected chi connectivity index (χ2v) is 9.89. The Labute approximate surface area is 207 Å². The minimum absolute atomic E-state index is 0.0716. The molecule has 0 radical (unpaired) electrons. The average molecular weight is 490 g/mol. The van der Waals surface area contributed by atoms with Crippen LogP contribution in [0.4, 0.5) is 10.1 Å². The van der Waals surface area contributed by atoms with Gasteiger partial charge in [0.25, 0.3) is 0 Å². The molecule has 3 rings (SSSR count). The lowest BCUT2D eigenvalue weighted by molar-refractivity contribution is -0.137. The Morgan fingerprint density at radius 1 is 1.09 bits per heavy atom. The molecule has 2 atom stereocenters. The Morgan fingerprint density at radius 3 is 2.34 bits per heavy atom. The van der Waals surface area contributed by atoms with Crippen LogP contribution in [0.5, 0.6) is 0 Å². The minimum Gasteiger partial charge on any atom is -0.344 e. The molecule has 0 bridgehead atoms. The molecule has 1 aromatic carbocycles. The number of hydrogen-bond donors (Lipinski definition) is 3. The zero-order valence-electron chi connectivity index (χ0n) is 21.0. The van der Waals surface area contributed by atoms with Crippen LogP contribution in [0, 0.1) is 11.7 Å². The van der Waals surface area contributed by atoms with Crippen molar-refractivity contribution in [3.05, 3.63) is 29.6 Å². The molecular weight excluding hydrogens is 449 g/mol. The summed E-state index contributed by atoms with van der Waals surface area (Å²) >= 11 is 0. The quantitative estimate of drug-likeness (QED) is 0.486. The van der Waals surface area contributed by atoms with E-state index in [2.05, 4.69) is 15.5 Å². The van der Waals surface area contributed by atoms with Gasteiger partial charge in [-0.2, -0.15) is 0 Å². The molecule has 4 N–H and O–H groups in total. The number of nitrogens with zero attached hydrogens (tertiary/aromatic N) is 2. The van der Waals surface area contributed by atoms with E-state index in [9.17, 15) is 18.8 Å². The first-order valence-corrected chi connectivity index (χ1v) is 12.9. The molecule has 1 aliphatic heterocycles. The molecule has 0 spiro atoms. The van der Waals surface area contributed by atoms with Gasteiger partial charge in [-0.15, -0.1) is 0 Å². The van der Waals surface area contributed by atoms with Gasteiger partial charge in [-0.1, -0.05) is 38.7 Å². The van der Waals surface area contributed by atoms with Crippen LogP contribution >= 0.6 is 0 Å². The average Bonchev–Trinajstić information content (AvgIpc) is 3.14. The number of amides is 3. The van der Waals surface area contributed by atoms with Gasteiger partial charge in [0.05, 0.1) is 11.7 Å². The molecule has 9 heteroatoms. The zero-order chi connectivity index (χ0) is 25.4. The molecule has 1 aliphatic carbocycles. The zero-order valence-corrected chi connectivity index (χ0v) is 21.0. The highest BCUT2D eigenvalue weighted by atomic mass is 19.1. The number of nitrogens with one attached hydrogen (secondary N) is 2. The molecule has 0 unspecified atom stereocenters. The van der Waals surface area contributed by atoms with Crippen LogP contribution in [0.25, 0.3) is 0 Å². The van der Waals surface area contributed by atoms with Crippen LogP contribution in [0.15, 0.2) is 18.2 Å². The third-order valence-electron chi connectivity index (χ3n) is 7.21. The third kappa shape index (κ3) is 7.73. The van der Waals surface area contributed by atoms with E-state index in [4.69, 9.17) is 5.73 Å². The van der Waals surface area contributed by atoms with Crippen molar-refractivity contribution in [1.82, 2.24) is 15.1 Å². The van der Waals surface area contributed by atoms with Crippen molar-refractivity contribution >= 4 is 23.4 Å². The lowest BCUT2D eigenvalue weighted by atomic mass is 9.92. The molecular formula is C26H40FN5O3. The van der Waals surface area contributed by atoms with Gasteiger partial charge in [-0.3, -0.25) is 14.4 Å². The van der Waals surface area contributed by atoms with Crippen LogP contribution in [-0.2, 0) is 20.8 Å². The molecule has 1 saturated carbocycles. The van der Waals surface area contributed by atoms with Crippen molar-refractivity contribution in [3.63, 3.8) is 0 Å². The van der Waals surface area contributed by atoms with Gasteiger partial charge in [0.15, 0.2) is 0 Å². The number of nitrogens with two attached hydrogens (primary N) is 1.